The first-order chi connectivity index (χ1) is 11.7. The van der Waals surface area contributed by atoms with Crippen LogP contribution >= 0.6 is 0 Å². The second-order valence-electron chi connectivity index (χ2n) is 5.86. The van der Waals surface area contributed by atoms with Gasteiger partial charge < -0.3 is 19.4 Å². The van der Waals surface area contributed by atoms with Gasteiger partial charge in [0, 0.05) is 36.8 Å². The molecule has 0 aliphatic carbocycles. The number of carbonyl (C=O) groups excluding carboxylic acids is 2. The summed E-state index contributed by atoms with van der Waals surface area (Å²) in [6, 6.07) is 7.66. The van der Waals surface area contributed by atoms with Gasteiger partial charge in [0.15, 0.2) is 6.61 Å². The molecule has 1 fully saturated rings. The highest BCUT2D eigenvalue weighted by molar-refractivity contribution is 6.04. The number of hydrogen-bond donors (Lipinski definition) is 1. The topological polar surface area (TPSA) is 69.6 Å². The van der Waals surface area contributed by atoms with Gasteiger partial charge in [0.05, 0.1) is 11.7 Å². The zero-order valence-corrected chi connectivity index (χ0v) is 13.8. The minimum Gasteiger partial charge on any atom is -0.452 e. The Morgan fingerprint density at radius 1 is 1.38 bits per heavy atom. The molecule has 0 unspecified atom stereocenters. The minimum atomic E-state index is -0.481. The van der Waals surface area contributed by atoms with E-state index in [1.165, 1.54) is 0 Å². The second-order valence-corrected chi connectivity index (χ2v) is 5.86. The van der Waals surface area contributed by atoms with E-state index in [0.717, 1.165) is 36.9 Å². The number of carbonyl (C=O) groups is 2. The number of amides is 1. The molecule has 128 valence electrons. The third-order valence-electron chi connectivity index (χ3n) is 4.23. The average Bonchev–Trinajstić information content (AvgIpc) is 3.25. The first-order valence-electron chi connectivity index (χ1n) is 8.32. The molecule has 1 aromatic heterocycles. The maximum absolute atomic E-state index is 12.3. The SMILES string of the molecule is CCn1cc(C(=O)OCC(=O)NC[C@H]2CCCO2)c2ccccc21. The molecular formula is C18H22N2O4. The van der Waals surface area contributed by atoms with Crippen molar-refractivity contribution in [1.29, 1.82) is 0 Å². The van der Waals surface area contributed by atoms with Gasteiger partial charge in [-0.15, -0.1) is 0 Å². The summed E-state index contributed by atoms with van der Waals surface area (Å²) in [5, 5.41) is 3.58. The molecule has 1 amide bonds. The van der Waals surface area contributed by atoms with Gasteiger partial charge in [-0.25, -0.2) is 4.79 Å². The molecule has 24 heavy (non-hydrogen) atoms. The monoisotopic (exact) mass is 330 g/mol. The standard InChI is InChI=1S/C18H22N2O4/c1-2-20-11-15(14-7-3-4-8-16(14)20)18(22)24-12-17(21)19-10-13-6-5-9-23-13/h3-4,7-8,11,13H,2,5-6,9-10,12H2,1H3,(H,19,21)/t13-/m1/s1. The van der Waals surface area contributed by atoms with Crippen molar-refractivity contribution in [3.05, 3.63) is 36.0 Å². The van der Waals surface area contributed by atoms with Gasteiger partial charge in [0.25, 0.3) is 5.91 Å². The summed E-state index contributed by atoms with van der Waals surface area (Å²) >= 11 is 0. The summed E-state index contributed by atoms with van der Waals surface area (Å²) < 4.78 is 12.6. The van der Waals surface area contributed by atoms with Crippen LogP contribution in [0.3, 0.4) is 0 Å². The number of esters is 1. The molecule has 1 aliphatic heterocycles. The molecule has 1 atom stereocenters. The van der Waals surface area contributed by atoms with Crippen LogP contribution in [0.5, 0.6) is 0 Å². The molecule has 0 spiro atoms. The highest BCUT2D eigenvalue weighted by Gasteiger charge is 2.19. The summed E-state index contributed by atoms with van der Waals surface area (Å²) in [6.07, 6.45) is 3.83. The number of fused-ring (bicyclic) bond motifs is 1. The first-order valence-corrected chi connectivity index (χ1v) is 8.32. The van der Waals surface area contributed by atoms with Crippen molar-refractivity contribution in [3.8, 4) is 0 Å². The lowest BCUT2D eigenvalue weighted by atomic mass is 10.2. The van der Waals surface area contributed by atoms with Crippen molar-refractivity contribution < 1.29 is 19.1 Å². The number of aryl methyl sites for hydroxylation is 1. The number of para-hydroxylation sites is 1. The van der Waals surface area contributed by atoms with Crippen LogP contribution in [-0.2, 0) is 20.8 Å². The smallest absolute Gasteiger partial charge is 0.340 e. The summed E-state index contributed by atoms with van der Waals surface area (Å²) in [5.74, 6) is -0.788. The van der Waals surface area contributed by atoms with E-state index in [2.05, 4.69) is 5.32 Å². The van der Waals surface area contributed by atoms with E-state index < -0.39 is 5.97 Å². The van der Waals surface area contributed by atoms with Crippen LogP contribution in [-0.4, -0.2) is 42.3 Å². The number of hydrogen-bond acceptors (Lipinski definition) is 4. The third-order valence-corrected chi connectivity index (χ3v) is 4.23. The molecule has 0 saturated carbocycles. The first kappa shape index (κ1) is 16.5. The van der Waals surface area contributed by atoms with E-state index in [9.17, 15) is 9.59 Å². The average molecular weight is 330 g/mol. The molecular weight excluding hydrogens is 308 g/mol. The number of benzene rings is 1. The minimum absolute atomic E-state index is 0.0761. The lowest BCUT2D eigenvalue weighted by molar-refractivity contribution is -0.124. The number of nitrogens with one attached hydrogen (secondary N) is 1. The number of ether oxygens (including phenoxy) is 2. The quantitative estimate of drug-likeness (QED) is 0.824. The van der Waals surface area contributed by atoms with Crippen LogP contribution in [0, 0.1) is 0 Å². The fourth-order valence-corrected chi connectivity index (χ4v) is 2.96. The van der Waals surface area contributed by atoms with E-state index in [1.807, 2.05) is 35.8 Å². The number of aromatic nitrogens is 1. The molecule has 1 aliphatic rings. The molecule has 6 nitrogen and oxygen atoms in total. The van der Waals surface area contributed by atoms with Crippen molar-refractivity contribution in [1.82, 2.24) is 9.88 Å². The Morgan fingerprint density at radius 3 is 2.96 bits per heavy atom. The Hall–Kier alpha value is -2.34. The largest absolute Gasteiger partial charge is 0.452 e. The lowest BCUT2D eigenvalue weighted by Gasteiger charge is -2.10. The van der Waals surface area contributed by atoms with Gasteiger partial charge in [-0.2, -0.15) is 0 Å². The van der Waals surface area contributed by atoms with Crippen LogP contribution in [0.1, 0.15) is 30.1 Å². The Bertz CT molecular complexity index is 732. The van der Waals surface area contributed by atoms with Crippen molar-refractivity contribution >= 4 is 22.8 Å². The van der Waals surface area contributed by atoms with E-state index in [1.54, 1.807) is 6.20 Å². The van der Waals surface area contributed by atoms with Gasteiger partial charge in [-0.1, -0.05) is 18.2 Å². The van der Waals surface area contributed by atoms with Crippen molar-refractivity contribution in [3.63, 3.8) is 0 Å². The Morgan fingerprint density at radius 2 is 2.21 bits per heavy atom. The van der Waals surface area contributed by atoms with E-state index in [-0.39, 0.29) is 18.6 Å². The second kappa shape index (κ2) is 7.49. The molecule has 1 N–H and O–H groups in total. The molecule has 1 aromatic carbocycles. The number of nitrogens with zero attached hydrogens (tertiary/aromatic N) is 1. The fourth-order valence-electron chi connectivity index (χ4n) is 2.96. The molecule has 0 radical (unpaired) electrons. The van der Waals surface area contributed by atoms with Crippen molar-refractivity contribution in [2.75, 3.05) is 19.8 Å². The fraction of sp³-hybridized carbons (Fsp3) is 0.444. The van der Waals surface area contributed by atoms with Gasteiger partial charge >= 0.3 is 5.97 Å². The Labute approximate surface area is 140 Å². The van der Waals surface area contributed by atoms with Crippen LogP contribution in [0.15, 0.2) is 30.5 Å². The van der Waals surface area contributed by atoms with E-state index in [4.69, 9.17) is 9.47 Å². The summed E-state index contributed by atoms with van der Waals surface area (Å²) in [4.78, 5) is 24.1. The zero-order chi connectivity index (χ0) is 16.9. The van der Waals surface area contributed by atoms with Gasteiger partial charge in [0.2, 0.25) is 0 Å². The summed E-state index contributed by atoms with van der Waals surface area (Å²) in [7, 11) is 0. The van der Waals surface area contributed by atoms with Gasteiger partial charge in [0.1, 0.15) is 0 Å². The highest BCUT2D eigenvalue weighted by atomic mass is 16.5. The Balaban J connectivity index is 1.58. The molecule has 2 heterocycles. The maximum atomic E-state index is 12.3. The normalized spacial score (nSPS) is 17.1. The van der Waals surface area contributed by atoms with Crippen molar-refractivity contribution in [2.24, 2.45) is 0 Å². The predicted octanol–water partition coefficient (Wildman–Crippen LogP) is 2.11. The zero-order valence-electron chi connectivity index (χ0n) is 13.8. The van der Waals surface area contributed by atoms with Crippen LogP contribution in [0.25, 0.3) is 10.9 Å². The molecule has 0 bridgehead atoms. The van der Waals surface area contributed by atoms with Gasteiger partial charge in [-0.3, -0.25) is 4.79 Å². The van der Waals surface area contributed by atoms with E-state index in [0.29, 0.717) is 12.1 Å². The Kier molecular flexibility index (Phi) is 5.15. The molecule has 3 rings (SSSR count). The van der Waals surface area contributed by atoms with E-state index >= 15 is 0 Å². The number of rotatable bonds is 6. The lowest BCUT2D eigenvalue weighted by Crippen LogP contribution is -2.34. The molecule has 2 aromatic rings. The third kappa shape index (κ3) is 3.59. The van der Waals surface area contributed by atoms with Crippen molar-refractivity contribution in [2.45, 2.75) is 32.4 Å². The van der Waals surface area contributed by atoms with Crippen LogP contribution in [0.4, 0.5) is 0 Å². The van der Waals surface area contributed by atoms with Crippen LogP contribution < -0.4 is 5.32 Å². The summed E-state index contributed by atoms with van der Waals surface area (Å²) in [6.45, 7) is 3.70. The van der Waals surface area contributed by atoms with Gasteiger partial charge in [-0.05, 0) is 25.8 Å². The predicted molar refractivity (Wildman–Crippen MR) is 89.9 cm³/mol. The summed E-state index contributed by atoms with van der Waals surface area (Å²) in [5.41, 5.74) is 1.47. The maximum Gasteiger partial charge on any atom is 0.340 e. The molecule has 6 heteroatoms. The highest BCUT2D eigenvalue weighted by Crippen LogP contribution is 2.22. The molecule has 1 saturated heterocycles. The van der Waals surface area contributed by atoms with Crippen LogP contribution in [0.2, 0.25) is 0 Å².